The predicted molar refractivity (Wildman–Crippen MR) is 93.0 cm³/mol. The van der Waals surface area contributed by atoms with Gasteiger partial charge in [-0.05, 0) is 66.6 Å². The topological polar surface area (TPSA) is 53.1 Å². The number of aromatic nitrogens is 2. The highest BCUT2D eigenvalue weighted by Gasteiger charge is 2.16. The lowest BCUT2D eigenvalue weighted by Gasteiger charge is -2.10. The van der Waals surface area contributed by atoms with Gasteiger partial charge in [-0.3, -0.25) is 0 Å². The molecule has 3 aromatic rings. The lowest BCUT2D eigenvalue weighted by atomic mass is 10.1. The van der Waals surface area contributed by atoms with Crippen molar-refractivity contribution in [2.45, 2.75) is 32.7 Å². The molecular weight excluding hydrogens is 286 g/mol. The van der Waals surface area contributed by atoms with Gasteiger partial charge in [0.1, 0.15) is 5.75 Å². The molecule has 23 heavy (non-hydrogen) atoms. The van der Waals surface area contributed by atoms with E-state index in [0.29, 0.717) is 5.95 Å². The Labute approximate surface area is 135 Å². The number of methoxy groups -OCH3 is 1. The summed E-state index contributed by atoms with van der Waals surface area (Å²) in [5.74, 6) is 1.49. The van der Waals surface area contributed by atoms with Crippen molar-refractivity contribution in [3.05, 3.63) is 52.6 Å². The standard InChI is InChI=1S/C19H21N3O/c1-12-8-13(6-7-18(12)23-2)11-22-17-10-15-5-3-4-14(15)9-16(17)21-19(22)20/h6-10H,3-5,11H2,1-2H3,(H2,20,21). The first kappa shape index (κ1) is 14.1. The van der Waals surface area contributed by atoms with Crippen LogP contribution in [0, 0.1) is 6.92 Å². The van der Waals surface area contributed by atoms with Crippen LogP contribution in [-0.2, 0) is 19.4 Å². The molecule has 0 amide bonds. The van der Waals surface area contributed by atoms with E-state index >= 15 is 0 Å². The van der Waals surface area contributed by atoms with E-state index in [2.05, 4.69) is 40.7 Å². The number of imidazole rings is 1. The average Bonchev–Trinajstić information content (AvgIpc) is 3.10. The molecule has 0 fully saturated rings. The molecule has 0 aliphatic heterocycles. The molecule has 0 bridgehead atoms. The second kappa shape index (κ2) is 5.30. The smallest absolute Gasteiger partial charge is 0.201 e. The van der Waals surface area contributed by atoms with Gasteiger partial charge in [0, 0.05) is 0 Å². The Balaban J connectivity index is 1.76. The number of nitrogens with zero attached hydrogens (tertiary/aromatic N) is 2. The lowest BCUT2D eigenvalue weighted by molar-refractivity contribution is 0.411. The number of nitrogen functional groups attached to an aromatic ring is 1. The van der Waals surface area contributed by atoms with Crippen molar-refractivity contribution >= 4 is 17.0 Å². The second-order valence-electron chi connectivity index (χ2n) is 6.32. The molecule has 1 heterocycles. The summed E-state index contributed by atoms with van der Waals surface area (Å²) in [6.07, 6.45) is 3.57. The van der Waals surface area contributed by atoms with Crippen molar-refractivity contribution in [3.63, 3.8) is 0 Å². The maximum atomic E-state index is 6.18. The number of hydrogen-bond acceptors (Lipinski definition) is 3. The second-order valence-corrected chi connectivity index (χ2v) is 6.32. The highest BCUT2D eigenvalue weighted by Crippen LogP contribution is 2.29. The normalized spacial score (nSPS) is 13.5. The van der Waals surface area contributed by atoms with Gasteiger partial charge in [-0.25, -0.2) is 4.98 Å². The minimum Gasteiger partial charge on any atom is -0.496 e. The quantitative estimate of drug-likeness (QED) is 0.806. The fourth-order valence-electron chi connectivity index (χ4n) is 3.60. The Morgan fingerprint density at radius 1 is 1.17 bits per heavy atom. The maximum absolute atomic E-state index is 6.18. The zero-order valence-electron chi connectivity index (χ0n) is 13.6. The lowest BCUT2D eigenvalue weighted by Crippen LogP contribution is -2.05. The molecule has 1 aliphatic carbocycles. The molecule has 1 aromatic heterocycles. The molecule has 4 rings (SSSR count). The minimum absolute atomic E-state index is 0.581. The molecule has 0 radical (unpaired) electrons. The van der Waals surface area contributed by atoms with E-state index in [1.807, 2.05) is 6.07 Å². The summed E-state index contributed by atoms with van der Waals surface area (Å²) in [4.78, 5) is 4.56. The van der Waals surface area contributed by atoms with E-state index in [4.69, 9.17) is 10.5 Å². The Morgan fingerprint density at radius 3 is 2.70 bits per heavy atom. The minimum atomic E-state index is 0.581. The van der Waals surface area contributed by atoms with Crippen molar-refractivity contribution in [3.8, 4) is 5.75 Å². The molecule has 0 unspecified atom stereocenters. The van der Waals surface area contributed by atoms with Crippen molar-refractivity contribution in [2.75, 3.05) is 12.8 Å². The van der Waals surface area contributed by atoms with Crippen LogP contribution in [0.15, 0.2) is 30.3 Å². The summed E-state index contributed by atoms with van der Waals surface area (Å²) >= 11 is 0. The molecule has 0 saturated carbocycles. The monoisotopic (exact) mass is 307 g/mol. The van der Waals surface area contributed by atoms with E-state index < -0.39 is 0 Å². The Kier molecular flexibility index (Phi) is 3.26. The third-order valence-corrected chi connectivity index (χ3v) is 4.79. The van der Waals surface area contributed by atoms with E-state index in [1.165, 1.54) is 23.1 Å². The SMILES string of the molecule is COc1ccc(Cn2c(N)nc3cc4c(cc32)CCC4)cc1C. The van der Waals surface area contributed by atoms with Gasteiger partial charge in [0.25, 0.3) is 0 Å². The Hall–Kier alpha value is -2.49. The third-order valence-electron chi connectivity index (χ3n) is 4.79. The van der Waals surface area contributed by atoms with Crippen molar-refractivity contribution < 1.29 is 4.74 Å². The van der Waals surface area contributed by atoms with Gasteiger partial charge in [0.2, 0.25) is 5.95 Å². The van der Waals surface area contributed by atoms with E-state index in [0.717, 1.165) is 41.7 Å². The van der Waals surface area contributed by atoms with Crippen LogP contribution in [0.5, 0.6) is 5.75 Å². The number of ether oxygens (including phenoxy) is 1. The predicted octanol–water partition coefficient (Wildman–Crippen LogP) is 3.47. The van der Waals surface area contributed by atoms with Crippen LogP contribution in [0.25, 0.3) is 11.0 Å². The van der Waals surface area contributed by atoms with Gasteiger partial charge in [-0.15, -0.1) is 0 Å². The number of aryl methyl sites for hydroxylation is 3. The first-order chi connectivity index (χ1) is 11.2. The first-order valence-electron chi connectivity index (χ1n) is 8.07. The van der Waals surface area contributed by atoms with Gasteiger partial charge < -0.3 is 15.0 Å². The molecule has 4 heteroatoms. The van der Waals surface area contributed by atoms with E-state index in [-0.39, 0.29) is 0 Å². The summed E-state index contributed by atoms with van der Waals surface area (Å²) in [7, 11) is 1.70. The number of nitrogens with two attached hydrogens (primary N) is 1. The fraction of sp³-hybridized carbons (Fsp3) is 0.316. The molecule has 1 aliphatic rings. The fourth-order valence-corrected chi connectivity index (χ4v) is 3.60. The molecule has 0 saturated heterocycles. The number of anilines is 1. The molecule has 2 aromatic carbocycles. The number of fused-ring (bicyclic) bond motifs is 2. The summed E-state index contributed by atoms with van der Waals surface area (Å²) in [6.45, 7) is 2.79. The molecule has 4 nitrogen and oxygen atoms in total. The van der Waals surface area contributed by atoms with Gasteiger partial charge in [-0.1, -0.05) is 12.1 Å². The van der Waals surface area contributed by atoms with E-state index in [1.54, 1.807) is 7.11 Å². The zero-order chi connectivity index (χ0) is 16.0. The molecule has 0 atom stereocenters. The van der Waals surface area contributed by atoms with Crippen molar-refractivity contribution in [2.24, 2.45) is 0 Å². The third kappa shape index (κ3) is 2.34. The van der Waals surface area contributed by atoms with Gasteiger partial charge in [-0.2, -0.15) is 0 Å². The number of rotatable bonds is 3. The van der Waals surface area contributed by atoms with Crippen LogP contribution in [-0.4, -0.2) is 16.7 Å². The average molecular weight is 307 g/mol. The number of hydrogen-bond donors (Lipinski definition) is 1. The van der Waals surface area contributed by atoms with Gasteiger partial charge in [0.05, 0.1) is 24.7 Å². The highest BCUT2D eigenvalue weighted by molar-refractivity contribution is 5.80. The van der Waals surface area contributed by atoms with Crippen molar-refractivity contribution in [1.29, 1.82) is 0 Å². The summed E-state index contributed by atoms with van der Waals surface area (Å²) < 4.78 is 7.44. The molecule has 118 valence electrons. The first-order valence-corrected chi connectivity index (χ1v) is 8.07. The van der Waals surface area contributed by atoms with Crippen LogP contribution in [0.1, 0.15) is 28.7 Å². The summed E-state index contributed by atoms with van der Waals surface area (Å²) in [6, 6.07) is 10.7. The van der Waals surface area contributed by atoms with Crippen molar-refractivity contribution in [1.82, 2.24) is 9.55 Å². The van der Waals surface area contributed by atoms with Gasteiger partial charge >= 0.3 is 0 Å². The summed E-state index contributed by atoms with van der Waals surface area (Å²) in [5, 5.41) is 0. The van der Waals surface area contributed by atoms with Crippen LogP contribution in [0.4, 0.5) is 5.95 Å². The van der Waals surface area contributed by atoms with Crippen LogP contribution >= 0.6 is 0 Å². The largest absolute Gasteiger partial charge is 0.496 e. The zero-order valence-corrected chi connectivity index (χ0v) is 13.6. The summed E-state index contributed by atoms with van der Waals surface area (Å²) in [5.41, 5.74) is 13.5. The van der Waals surface area contributed by atoms with Gasteiger partial charge in [0.15, 0.2) is 0 Å². The van der Waals surface area contributed by atoms with E-state index in [9.17, 15) is 0 Å². The molecule has 2 N–H and O–H groups in total. The Bertz CT molecular complexity index is 895. The number of benzene rings is 2. The maximum Gasteiger partial charge on any atom is 0.201 e. The van der Waals surface area contributed by atoms with Crippen LogP contribution in [0.3, 0.4) is 0 Å². The Morgan fingerprint density at radius 2 is 1.96 bits per heavy atom. The highest BCUT2D eigenvalue weighted by atomic mass is 16.5. The molecule has 0 spiro atoms. The molecular formula is C19H21N3O. The van der Waals surface area contributed by atoms with Crippen LogP contribution < -0.4 is 10.5 Å². The van der Waals surface area contributed by atoms with Crippen LogP contribution in [0.2, 0.25) is 0 Å².